The number of hydrogen-bond donors (Lipinski definition) is 0. The van der Waals surface area contributed by atoms with Gasteiger partial charge >= 0.3 is 0 Å². The average molecular weight is 187 g/mol. The first-order chi connectivity index (χ1) is 5.93. The van der Waals surface area contributed by atoms with Gasteiger partial charge < -0.3 is 4.74 Å². The van der Waals surface area contributed by atoms with Crippen molar-refractivity contribution in [1.29, 1.82) is 0 Å². The van der Waals surface area contributed by atoms with Gasteiger partial charge in [0, 0.05) is 11.5 Å². The second-order valence-electron chi connectivity index (χ2n) is 2.64. The second kappa shape index (κ2) is 6.17. The van der Waals surface area contributed by atoms with Crippen molar-refractivity contribution in [2.75, 3.05) is 24.7 Å². The van der Waals surface area contributed by atoms with Gasteiger partial charge in [-0.1, -0.05) is 5.11 Å². The fraction of sp³-hybridized carbons (Fsp3) is 1.00. The summed E-state index contributed by atoms with van der Waals surface area (Å²) in [6, 6.07) is 0. The molecule has 5 heteroatoms. The Kier molecular flexibility index (Phi) is 4.99. The third kappa shape index (κ3) is 3.85. The summed E-state index contributed by atoms with van der Waals surface area (Å²) in [6.45, 7) is 1.03. The molecule has 1 saturated heterocycles. The molecule has 1 fully saturated rings. The molecule has 0 aromatic rings. The van der Waals surface area contributed by atoms with Crippen LogP contribution in [0.5, 0.6) is 0 Å². The normalized spacial score (nSPS) is 18.7. The molecule has 0 aromatic heterocycles. The van der Waals surface area contributed by atoms with Crippen molar-refractivity contribution in [3.05, 3.63) is 10.4 Å². The molecular formula is C7H13N3OS. The smallest absolute Gasteiger partial charge is 0.0590 e. The van der Waals surface area contributed by atoms with E-state index in [1.807, 2.05) is 11.8 Å². The second-order valence-corrected chi connectivity index (χ2v) is 3.86. The molecule has 0 atom stereocenters. The van der Waals surface area contributed by atoms with E-state index < -0.39 is 0 Å². The van der Waals surface area contributed by atoms with Gasteiger partial charge in [0.25, 0.3) is 0 Å². The summed E-state index contributed by atoms with van der Waals surface area (Å²) >= 11 is 1.98. The molecule has 68 valence electrons. The summed E-state index contributed by atoms with van der Waals surface area (Å²) in [5, 5.41) is 3.41. The molecular weight excluding hydrogens is 174 g/mol. The van der Waals surface area contributed by atoms with Crippen LogP contribution in [0.3, 0.4) is 0 Å². The number of rotatable bonds is 4. The van der Waals surface area contributed by atoms with Crippen molar-refractivity contribution in [2.24, 2.45) is 5.11 Å². The Balaban J connectivity index is 2.01. The van der Waals surface area contributed by atoms with Gasteiger partial charge in [-0.2, -0.15) is 11.8 Å². The van der Waals surface area contributed by atoms with Crippen LogP contribution in [-0.4, -0.2) is 30.8 Å². The zero-order chi connectivity index (χ0) is 8.65. The van der Waals surface area contributed by atoms with Crippen LogP contribution in [0.15, 0.2) is 5.11 Å². The largest absolute Gasteiger partial charge is 0.378 e. The average Bonchev–Trinajstić information content (AvgIpc) is 2.14. The van der Waals surface area contributed by atoms with Crippen LogP contribution in [-0.2, 0) is 4.74 Å². The quantitative estimate of drug-likeness (QED) is 0.293. The Labute approximate surface area is 76.3 Å². The van der Waals surface area contributed by atoms with E-state index in [9.17, 15) is 0 Å². The predicted octanol–water partition coefficient (Wildman–Crippen LogP) is 2.21. The van der Waals surface area contributed by atoms with E-state index in [-0.39, 0.29) is 0 Å². The Morgan fingerprint density at radius 1 is 1.50 bits per heavy atom. The monoisotopic (exact) mass is 187 g/mol. The summed E-state index contributed by atoms with van der Waals surface area (Å²) in [5.74, 6) is 2.40. The molecule has 1 heterocycles. The standard InChI is InChI=1S/C7H13N3OS/c8-10-9-3-4-11-7-1-5-12-6-2-7/h7H,1-6H2. The van der Waals surface area contributed by atoms with Gasteiger partial charge in [0.2, 0.25) is 0 Å². The predicted molar refractivity (Wildman–Crippen MR) is 50.3 cm³/mol. The fourth-order valence-corrected chi connectivity index (χ4v) is 2.21. The van der Waals surface area contributed by atoms with Crippen molar-refractivity contribution in [3.8, 4) is 0 Å². The minimum atomic E-state index is 0.403. The van der Waals surface area contributed by atoms with Crippen molar-refractivity contribution < 1.29 is 4.74 Å². The van der Waals surface area contributed by atoms with Crippen molar-refractivity contribution in [3.63, 3.8) is 0 Å². The zero-order valence-corrected chi connectivity index (χ0v) is 7.79. The summed E-state index contributed by atoms with van der Waals surface area (Å²) in [6.07, 6.45) is 2.68. The maximum atomic E-state index is 8.00. The molecule has 0 spiro atoms. The summed E-state index contributed by atoms with van der Waals surface area (Å²) < 4.78 is 5.51. The molecule has 0 saturated carbocycles. The third-order valence-electron chi connectivity index (χ3n) is 1.78. The van der Waals surface area contributed by atoms with E-state index in [1.54, 1.807) is 0 Å². The highest BCUT2D eigenvalue weighted by atomic mass is 32.2. The first-order valence-corrected chi connectivity index (χ1v) is 5.29. The number of nitrogens with zero attached hydrogens (tertiary/aromatic N) is 3. The van der Waals surface area contributed by atoms with Crippen LogP contribution in [0, 0.1) is 0 Å². The molecule has 4 nitrogen and oxygen atoms in total. The number of hydrogen-bond acceptors (Lipinski definition) is 3. The minimum absolute atomic E-state index is 0.403. The van der Waals surface area contributed by atoms with Crippen LogP contribution in [0.4, 0.5) is 0 Å². The molecule has 0 radical (unpaired) electrons. The molecule has 0 amide bonds. The molecule has 0 bridgehead atoms. The van der Waals surface area contributed by atoms with E-state index >= 15 is 0 Å². The maximum absolute atomic E-state index is 8.00. The summed E-state index contributed by atoms with van der Waals surface area (Å²) in [5.41, 5.74) is 8.00. The van der Waals surface area contributed by atoms with Crippen LogP contribution < -0.4 is 0 Å². The maximum Gasteiger partial charge on any atom is 0.0590 e. The molecule has 1 aliphatic rings. The van der Waals surface area contributed by atoms with E-state index in [2.05, 4.69) is 10.0 Å². The first-order valence-electron chi connectivity index (χ1n) is 4.13. The highest BCUT2D eigenvalue weighted by Gasteiger charge is 2.12. The van der Waals surface area contributed by atoms with Gasteiger partial charge in [-0.05, 0) is 29.9 Å². The van der Waals surface area contributed by atoms with Crippen molar-refractivity contribution >= 4 is 11.8 Å². The molecule has 1 aliphatic heterocycles. The van der Waals surface area contributed by atoms with Crippen LogP contribution in [0.25, 0.3) is 10.4 Å². The lowest BCUT2D eigenvalue weighted by molar-refractivity contribution is 0.0535. The highest BCUT2D eigenvalue weighted by molar-refractivity contribution is 7.99. The highest BCUT2D eigenvalue weighted by Crippen LogP contribution is 2.19. The van der Waals surface area contributed by atoms with E-state index in [1.165, 1.54) is 11.5 Å². The van der Waals surface area contributed by atoms with E-state index in [4.69, 9.17) is 10.3 Å². The van der Waals surface area contributed by atoms with E-state index in [0.29, 0.717) is 19.3 Å². The molecule has 0 N–H and O–H groups in total. The van der Waals surface area contributed by atoms with Crippen LogP contribution in [0.2, 0.25) is 0 Å². The Hall–Kier alpha value is -0.380. The number of thioether (sulfide) groups is 1. The number of ether oxygens (including phenoxy) is 1. The van der Waals surface area contributed by atoms with Crippen LogP contribution in [0.1, 0.15) is 12.8 Å². The van der Waals surface area contributed by atoms with Crippen LogP contribution >= 0.6 is 11.8 Å². The fourth-order valence-electron chi connectivity index (χ4n) is 1.15. The molecule has 0 aliphatic carbocycles. The third-order valence-corrected chi connectivity index (χ3v) is 2.83. The lowest BCUT2D eigenvalue weighted by Gasteiger charge is -2.21. The zero-order valence-electron chi connectivity index (χ0n) is 6.98. The topological polar surface area (TPSA) is 58.0 Å². The Morgan fingerprint density at radius 3 is 2.92 bits per heavy atom. The lowest BCUT2D eigenvalue weighted by atomic mass is 10.2. The SMILES string of the molecule is [N-]=[N+]=NCCOC1CCSCC1. The van der Waals surface area contributed by atoms with Gasteiger partial charge in [-0.25, -0.2) is 0 Å². The first kappa shape index (κ1) is 9.71. The number of azide groups is 1. The van der Waals surface area contributed by atoms with Crippen molar-refractivity contribution in [2.45, 2.75) is 18.9 Å². The minimum Gasteiger partial charge on any atom is -0.378 e. The lowest BCUT2D eigenvalue weighted by Crippen LogP contribution is -2.20. The van der Waals surface area contributed by atoms with Gasteiger partial charge in [0.15, 0.2) is 0 Å². The van der Waals surface area contributed by atoms with Gasteiger partial charge in [0.05, 0.1) is 12.7 Å². The molecule has 0 unspecified atom stereocenters. The molecule has 12 heavy (non-hydrogen) atoms. The Bertz CT molecular complexity index is 164. The Morgan fingerprint density at radius 2 is 2.25 bits per heavy atom. The summed E-state index contributed by atoms with van der Waals surface area (Å²) in [7, 11) is 0. The van der Waals surface area contributed by atoms with Gasteiger partial charge in [-0.15, -0.1) is 0 Å². The van der Waals surface area contributed by atoms with Gasteiger partial charge in [0.1, 0.15) is 0 Å². The molecule has 1 rings (SSSR count). The summed E-state index contributed by atoms with van der Waals surface area (Å²) in [4.78, 5) is 2.66. The van der Waals surface area contributed by atoms with Crippen molar-refractivity contribution in [1.82, 2.24) is 0 Å². The van der Waals surface area contributed by atoms with E-state index in [0.717, 1.165) is 12.8 Å². The molecule has 0 aromatic carbocycles. The van der Waals surface area contributed by atoms with Gasteiger partial charge in [-0.3, -0.25) is 0 Å².